The Hall–Kier alpha value is -2.69. The molecule has 0 spiro atoms. The number of nitrogens with one attached hydrogen (secondary N) is 1. The lowest BCUT2D eigenvalue weighted by Gasteiger charge is -2.20. The summed E-state index contributed by atoms with van der Waals surface area (Å²) < 4.78 is 0. The van der Waals surface area contributed by atoms with E-state index in [0.29, 0.717) is 13.1 Å². The molecule has 1 N–H and O–H groups in total. The van der Waals surface area contributed by atoms with Crippen LogP contribution in [0.1, 0.15) is 19.0 Å². The Morgan fingerprint density at radius 2 is 1.82 bits per heavy atom. The van der Waals surface area contributed by atoms with Crippen LogP contribution in [0.2, 0.25) is 0 Å². The predicted molar refractivity (Wildman–Crippen MR) is 85.2 cm³/mol. The van der Waals surface area contributed by atoms with Crippen molar-refractivity contribution in [2.75, 3.05) is 11.4 Å². The standard InChI is InChI=1S/C17H19N3O2/c1-2-20(15-9-4-3-5-10-15)17(22)12-16(21)19-13-14-8-6-7-11-18-14/h3-11H,2,12-13H2,1H3,(H,19,21). The Balaban J connectivity index is 1.89. The number of carbonyl (C=O) groups is 2. The van der Waals surface area contributed by atoms with Crippen LogP contribution in [-0.4, -0.2) is 23.3 Å². The summed E-state index contributed by atoms with van der Waals surface area (Å²) >= 11 is 0. The first-order valence-corrected chi connectivity index (χ1v) is 7.22. The van der Waals surface area contributed by atoms with Crippen LogP contribution in [0.15, 0.2) is 54.7 Å². The molecule has 0 aliphatic carbocycles. The van der Waals surface area contributed by atoms with E-state index in [9.17, 15) is 9.59 Å². The molecule has 0 saturated heterocycles. The van der Waals surface area contributed by atoms with Gasteiger partial charge in [0.2, 0.25) is 11.8 Å². The number of carbonyl (C=O) groups excluding carboxylic acids is 2. The molecule has 0 unspecified atom stereocenters. The monoisotopic (exact) mass is 297 g/mol. The molecular formula is C17H19N3O2. The van der Waals surface area contributed by atoms with Crippen molar-refractivity contribution in [3.63, 3.8) is 0 Å². The number of hydrogen-bond acceptors (Lipinski definition) is 3. The van der Waals surface area contributed by atoms with Crippen LogP contribution in [0, 0.1) is 0 Å². The van der Waals surface area contributed by atoms with Gasteiger partial charge in [0.05, 0.1) is 12.2 Å². The lowest BCUT2D eigenvalue weighted by Crippen LogP contribution is -2.35. The molecule has 114 valence electrons. The van der Waals surface area contributed by atoms with E-state index in [0.717, 1.165) is 11.4 Å². The second-order valence-electron chi connectivity index (χ2n) is 4.75. The summed E-state index contributed by atoms with van der Waals surface area (Å²) in [6, 6.07) is 14.8. The lowest BCUT2D eigenvalue weighted by molar-refractivity contribution is -0.128. The van der Waals surface area contributed by atoms with Crippen LogP contribution in [0.3, 0.4) is 0 Å². The molecule has 2 rings (SSSR count). The molecule has 5 heteroatoms. The molecule has 2 amide bonds. The maximum Gasteiger partial charge on any atom is 0.236 e. The average molecular weight is 297 g/mol. The van der Waals surface area contributed by atoms with E-state index in [2.05, 4.69) is 10.3 Å². The van der Waals surface area contributed by atoms with E-state index >= 15 is 0 Å². The van der Waals surface area contributed by atoms with Crippen LogP contribution in [0.25, 0.3) is 0 Å². The molecule has 1 heterocycles. The number of pyridine rings is 1. The molecule has 1 aromatic carbocycles. The summed E-state index contributed by atoms with van der Waals surface area (Å²) in [5.74, 6) is -0.516. The Kier molecular flexibility index (Phi) is 5.65. The summed E-state index contributed by atoms with van der Waals surface area (Å²) in [6.45, 7) is 2.73. The zero-order chi connectivity index (χ0) is 15.8. The number of hydrogen-bond donors (Lipinski definition) is 1. The van der Waals surface area contributed by atoms with Crippen LogP contribution in [0.4, 0.5) is 5.69 Å². The van der Waals surface area contributed by atoms with Gasteiger partial charge >= 0.3 is 0 Å². The molecule has 2 aromatic rings. The third-order valence-electron chi connectivity index (χ3n) is 3.19. The first kappa shape index (κ1) is 15.7. The molecule has 5 nitrogen and oxygen atoms in total. The van der Waals surface area contributed by atoms with E-state index in [1.165, 1.54) is 0 Å². The molecule has 0 bridgehead atoms. The summed E-state index contributed by atoms with van der Waals surface area (Å²) in [5, 5.41) is 2.71. The highest BCUT2D eigenvalue weighted by atomic mass is 16.2. The van der Waals surface area contributed by atoms with Crippen molar-refractivity contribution in [2.24, 2.45) is 0 Å². The minimum absolute atomic E-state index is 0.171. The third kappa shape index (κ3) is 4.41. The van der Waals surface area contributed by atoms with Gasteiger partial charge in [0, 0.05) is 18.4 Å². The van der Waals surface area contributed by atoms with Crippen LogP contribution in [-0.2, 0) is 16.1 Å². The number of nitrogens with zero attached hydrogens (tertiary/aromatic N) is 2. The van der Waals surface area contributed by atoms with Gasteiger partial charge in [-0.2, -0.15) is 0 Å². The number of rotatable bonds is 6. The van der Waals surface area contributed by atoms with Gasteiger partial charge in [-0.25, -0.2) is 0 Å². The molecule has 0 atom stereocenters. The van der Waals surface area contributed by atoms with Crippen molar-refractivity contribution < 1.29 is 9.59 Å². The first-order chi connectivity index (χ1) is 10.7. The number of aromatic nitrogens is 1. The Morgan fingerprint density at radius 1 is 1.09 bits per heavy atom. The lowest BCUT2D eigenvalue weighted by atomic mass is 10.2. The van der Waals surface area contributed by atoms with Gasteiger partial charge in [-0.1, -0.05) is 24.3 Å². The highest BCUT2D eigenvalue weighted by Crippen LogP contribution is 2.13. The van der Waals surface area contributed by atoms with Gasteiger partial charge in [0.25, 0.3) is 0 Å². The second-order valence-corrected chi connectivity index (χ2v) is 4.75. The van der Waals surface area contributed by atoms with E-state index in [-0.39, 0.29) is 18.2 Å². The molecular weight excluding hydrogens is 278 g/mol. The molecule has 0 radical (unpaired) electrons. The number of benzene rings is 1. The first-order valence-electron chi connectivity index (χ1n) is 7.22. The zero-order valence-corrected chi connectivity index (χ0v) is 12.5. The molecule has 22 heavy (non-hydrogen) atoms. The zero-order valence-electron chi connectivity index (χ0n) is 12.5. The van der Waals surface area contributed by atoms with Crippen molar-refractivity contribution in [2.45, 2.75) is 19.9 Å². The minimum Gasteiger partial charge on any atom is -0.350 e. The van der Waals surface area contributed by atoms with Crippen LogP contribution in [0.5, 0.6) is 0 Å². The topological polar surface area (TPSA) is 62.3 Å². The summed E-state index contributed by atoms with van der Waals surface area (Å²) in [7, 11) is 0. The van der Waals surface area contributed by atoms with Crippen molar-refractivity contribution >= 4 is 17.5 Å². The van der Waals surface area contributed by atoms with Crippen LogP contribution < -0.4 is 10.2 Å². The van der Waals surface area contributed by atoms with E-state index in [1.54, 1.807) is 11.1 Å². The van der Waals surface area contributed by atoms with Gasteiger partial charge < -0.3 is 10.2 Å². The van der Waals surface area contributed by atoms with Crippen molar-refractivity contribution in [3.05, 3.63) is 60.4 Å². The van der Waals surface area contributed by atoms with Gasteiger partial charge in [-0.15, -0.1) is 0 Å². The molecule has 0 aliphatic rings. The largest absolute Gasteiger partial charge is 0.350 e. The fourth-order valence-corrected chi connectivity index (χ4v) is 2.10. The molecule has 1 aromatic heterocycles. The highest BCUT2D eigenvalue weighted by molar-refractivity contribution is 6.04. The summed E-state index contributed by atoms with van der Waals surface area (Å²) in [4.78, 5) is 29.9. The van der Waals surface area contributed by atoms with Gasteiger partial charge in [-0.3, -0.25) is 14.6 Å². The van der Waals surface area contributed by atoms with Crippen molar-refractivity contribution in [1.29, 1.82) is 0 Å². The molecule has 0 fully saturated rings. The van der Waals surface area contributed by atoms with E-state index in [4.69, 9.17) is 0 Å². The van der Waals surface area contributed by atoms with Gasteiger partial charge in [0.1, 0.15) is 6.42 Å². The highest BCUT2D eigenvalue weighted by Gasteiger charge is 2.17. The van der Waals surface area contributed by atoms with Crippen molar-refractivity contribution in [1.82, 2.24) is 10.3 Å². The minimum atomic E-state index is -0.301. The Morgan fingerprint density at radius 3 is 2.45 bits per heavy atom. The smallest absolute Gasteiger partial charge is 0.236 e. The van der Waals surface area contributed by atoms with Crippen molar-refractivity contribution in [3.8, 4) is 0 Å². The predicted octanol–water partition coefficient (Wildman–Crippen LogP) is 2.14. The van der Waals surface area contributed by atoms with Crippen LogP contribution >= 0.6 is 0 Å². The van der Waals surface area contributed by atoms with Gasteiger partial charge in [-0.05, 0) is 31.2 Å². The number of anilines is 1. The second kappa shape index (κ2) is 7.93. The normalized spacial score (nSPS) is 10.0. The maximum absolute atomic E-state index is 12.2. The quantitative estimate of drug-likeness (QED) is 0.831. The van der Waals surface area contributed by atoms with E-state index < -0.39 is 0 Å². The summed E-state index contributed by atoms with van der Waals surface area (Å²) in [6.07, 6.45) is 1.50. The third-order valence-corrected chi connectivity index (χ3v) is 3.19. The SMILES string of the molecule is CCN(C(=O)CC(=O)NCc1ccccn1)c1ccccc1. The Bertz CT molecular complexity index is 614. The molecule has 0 aliphatic heterocycles. The Labute approximate surface area is 130 Å². The maximum atomic E-state index is 12.2. The van der Waals surface area contributed by atoms with Gasteiger partial charge in [0.15, 0.2) is 0 Å². The number of amides is 2. The fraction of sp³-hybridized carbons (Fsp3) is 0.235. The summed E-state index contributed by atoms with van der Waals surface area (Å²) in [5.41, 5.74) is 1.56. The van der Waals surface area contributed by atoms with E-state index in [1.807, 2.05) is 55.5 Å². The molecule has 0 saturated carbocycles. The number of para-hydroxylation sites is 1. The average Bonchev–Trinajstić information content (AvgIpc) is 2.55. The fourth-order valence-electron chi connectivity index (χ4n) is 2.10.